The lowest BCUT2D eigenvalue weighted by atomic mass is 10.1. The van der Waals surface area contributed by atoms with E-state index in [1.807, 2.05) is 0 Å². The van der Waals surface area contributed by atoms with E-state index in [0.29, 0.717) is 0 Å². The second-order valence-electron chi connectivity index (χ2n) is 3.43. The van der Waals surface area contributed by atoms with Gasteiger partial charge in [0.25, 0.3) is 0 Å². The van der Waals surface area contributed by atoms with Crippen LogP contribution in [0.25, 0.3) is 0 Å². The predicted octanol–water partition coefficient (Wildman–Crippen LogP) is 2.29. The summed E-state index contributed by atoms with van der Waals surface area (Å²) in [6.45, 7) is 2.52. The zero-order chi connectivity index (χ0) is 5.56. The Labute approximate surface area is 52.9 Å². The van der Waals surface area contributed by atoms with E-state index in [1.54, 1.807) is 25.3 Å². The van der Waals surface area contributed by atoms with Gasteiger partial charge >= 0.3 is 0 Å². The summed E-state index contributed by atoms with van der Waals surface area (Å²) in [5.41, 5.74) is 1.24. The quantitative estimate of drug-likeness (QED) is 0.436. The van der Waals surface area contributed by atoms with Gasteiger partial charge in [0.15, 0.2) is 0 Å². The van der Waals surface area contributed by atoms with Crippen molar-refractivity contribution in [3.63, 3.8) is 0 Å². The molecule has 2 aliphatic rings. The molecule has 1 saturated heterocycles. The Morgan fingerprint density at radius 3 is 2.50 bits per heavy atom. The minimum Gasteiger partial charge on any atom is -0.0709 e. The summed E-state index contributed by atoms with van der Waals surface area (Å²) in [6.07, 6.45) is 4.78. The van der Waals surface area contributed by atoms with E-state index < -0.39 is 0 Å². The van der Waals surface area contributed by atoms with Crippen LogP contribution in [0.1, 0.15) is 19.3 Å². The van der Waals surface area contributed by atoms with Crippen molar-refractivity contribution in [3.05, 3.63) is 0 Å². The largest absolute Gasteiger partial charge is 0.0709 e. The summed E-state index contributed by atoms with van der Waals surface area (Å²) in [7, 11) is 0.203. The van der Waals surface area contributed by atoms with Crippen LogP contribution >= 0.6 is 0 Å². The molecule has 1 saturated carbocycles. The SMILES string of the molecule is C[Si]1C[C@H]2CC[C@@H]1C2. The first-order valence-electron chi connectivity index (χ1n) is 3.68. The third-order valence-electron chi connectivity index (χ3n) is 2.85. The van der Waals surface area contributed by atoms with Gasteiger partial charge in [-0.2, -0.15) is 0 Å². The van der Waals surface area contributed by atoms with Crippen molar-refractivity contribution in [3.8, 4) is 0 Å². The fourth-order valence-corrected chi connectivity index (χ4v) is 5.34. The fourth-order valence-electron chi connectivity index (χ4n) is 2.33. The van der Waals surface area contributed by atoms with E-state index in [-0.39, 0.29) is 8.80 Å². The molecule has 0 nitrogen and oxygen atoms in total. The third kappa shape index (κ3) is 0.571. The maximum absolute atomic E-state index is 2.52. The molecule has 8 heavy (non-hydrogen) atoms. The van der Waals surface area contributed by atoms with Gasteiger partial charge < -0.3 is 0 Å². The number of rotatable bonds is 0. The normalized spacial score (nSPS) is 46.1. The Morgan fingerprint density at radius 2 is 2.25 bits per heavy atom. The van der Waals surface area contributed by atoms with Crippen LogP contribution in [0.5, 0.6) is 0 Å². The van der Waals surface area contributed by atoms with Crippen molar-refractivity contribution in [2.75, 3.05) is 0 Å². The first-order valence-corrected chi connectivity index (χ1v) is 5.97. The molecular weight excluding hydrogens is 112 g/mol. The maximum Gasteiger partial charge on any atom is 0.0482 e. The average Bonchev–Trinajstić information content (AvgIpc) is 2.23. The molecule has 0 aromatic carbocycles. The van der Waals surface area contributed by atoms with Crippen LogP contribution in [-0.2, 0) is 0 Å². The Balaban J connectivity index is 2.11. The predicted molar refractivity (Wildman–Crippen MR) is 37.5 cm³/mol. The number of hydrogen-bond donors (Lipinski definition) is 0. The summed E-state index contributed by atoms with van der Waals surface area (Å²) < 4.78 is 0. The highest BCUT2D eigenvalue weighted by Crippen LogP contribution is 2.48. The van der Waals surface area contributed by atoms with Crippen LogP contribution < -0.4 is 0 Å². The number of hydrogen-bond acceptors (Lipinski definition) is 0. The summed E-state index contributed by atoms with van der Waals surface area (Å²) >= 11 is 0. The first kappa shape index (κ1) is 5.04. The maximum atomic E-state index is 2.52. The van der Waals surface area contributed by atoms with Crippen molar-refractivity contribution in [1.29, 1.82) is 0 Å². The monoisotopic (exact) mass is 125 g/mol. The molecule has 1 aliphatic heterocycles. The van der Waals surface area contributed by atoms with E-state index in [1.165, 1.54) is 11.5 Å². The van der Waals surface area contributed by atoms with Gasteiger partial charge in [-0.05, 0) is 11.5 Å². The number of fused-ring (bicyclic) bond motifs is 2. The molecule has 0 aromatic heterocycles. The highest BCUT2D eigenvalue weighted by Gasteiger charge is 2.37. The first-order chi connectivity index (χ1) is 3.86. The van der Waals surface area contributed by atoms with E-state index in [4.69, 9.17) is 0 Å². The summed E-state index contributed by atoms with van der Waals surface area (Å²) in [5.74, 6) is 1.19. The van der Waals surface area contributed by atoms with Gasteiger partial charge in [-0.1, -0.05) is 31.9 Å². The Hall–Kier alpha value is 0.217. The lowest BCUT2D eigenvalue weighted by Gasteiger charge is -2.13. The molecule has 45 valence electrons. The van der Waals surface area contributed by atoms with E-state index >= 15 is 0 Å². The molecule has 1 aliphatic carbocycles. The molecular formula is C7H13Si. The molecule has 0 aromatic rings. The van der Waals surface area contributed by atoms with Crippen LogP contribution in [-0.4, -0.2) is 8.80 Å². The molecule has 1 radical (unpaired) electrons. The summed E-state index contributed by atoms with van der Waals surface area (Å²) in [6, 6.07) is 1.65. The lowest BCUT2D eigenvalue weighted by Crippen LogP contribution is -2.11. The molecule has 0 spiro atoms. The third-order valence-corrected chi connectivity index (χ3v) is 5.99. The topological polar surface area (TPSA) is 0 Å². The Morgan fingerprint density at radius 1 is 1.38 bits per heavy atom. The van der Waals surface area contributed by atoms with Gasteiger partial charge in [-0.15, -0.1) is 0 Å². The smallest absolute Gasteiger partial charge is 0.0482 e. The lowest BCUT2D eigenvalue weighted by molar-refractivity contribution is 0.622. The average molecular weight is 125 g/mol. The van der Waals surface area contributed by atoms with Crippen molar-refractivity contribution in [2.24, 2.45) is 5.92 Å². The molecule has 2 rings (SSSR count). The zero-order valence-corrected chi connectivity index (χ0v) is 6.48. The van der Waals surface area contributed by atoms with E-state index in [2.05, 4.69) is 6.55 Å². The van der Waals surface area contributed by atoms with Crippen LogP contribution in [0.15, 0.2) is 0 Å². The molecule has 0 N–H and O–H groups in total. The van der Waals surface area contributed by atoms with Crippen molar-refractivity contribution in [2.45, 2.75) is 37.4 Å². The van der Waals surface area contributed by atoms with Crippen LogP contribution in [0.3, 0.4) is 0 Å². The van der Waals surface area contributed by atoms with Gasteiger partial charge in [0.05, 0.1) is 0 Å². The molecule has 1 heteroatoms. The molecule has 1 heterocycles. The highest BCUT2D eigenvalue weighted by molar-refractivity contribution is 6.60. The standard InChI is InChI=1S/C7H13Si/c1-8-5-6-2-3-7(8)4-6/h6-7H,2-5H2,1H3/t6-,7+/m0/s1. The fraction of sp³-hybridized carbons (Fsp3) is 1.00. The second-order valence-corrected chi connectivity index (χ2v) is 6.34. The molecule has 0 unspecified atom stereocenters. The highest BCUT2D eigenvalue weighted by atomic mass is 28.3. The van der Waals surface area contributed by atoms with Crippen LogP contribution in [0.4, 0.5) is 0 Å². The van der Waals surface area contributed by atoms with Gasteiger partial charge in [0.2, 0.25) is 0 Å². The van der Waals surface area contributed by atoms with Gasteiger partial charge in [0, 0.05) is 8.80 Å². The van der Waals surface area contributed by atoms with Crippen molar-refractivity contribution >= 4 is 8.80 Å². The summed E-state index contributed by atoms with van der Waals surface area (Å²) in [5, 5.41) is 0. The van der Waals surface area contributed by atoms with Gasteiger partial charge in [0.1, 0.15) is 0 Å². The molecule has 2 bridgehead atoms. The second kappa shape index (κ2) is 1.60. The Bertz CT molecular complexity index is 98.6. The molecule has 2 atom stereocenters. The van der Waals surface area contributed by atoms with Crippen LogP contribution in [0.2, 0.25) is 18.1 Å². The van der Waals surface area contributed by atoms with Gasteiger partial charge in [-0.3, -0.25) is 0 Å². The van der Waals surface area contributed by atoms with Crippen molar-refractivity contribution in [1.82, 2.24) is 0 Å². The summed E-state index contributed by atoms with van der Waals surface area (Å²) in [4.78, 5) is 0. The van der Waals surface area contributed by atoms with E-state index in [9.17, 15) is 0 Å². The Kier molecular flexibility index (Phi) is 1.01. The van der Waals surface area contributed by atoms with Gasteiger partial charge in [-0.25, -0.2) is 0 Å². The minimum absolute atomic E-state index is 0.203. The molecule has 0 amide bonds. The van der Waals surface area contributed by atoms with Crippen LogP contribution in [0, 0.1) is 5.92 Å². The minimum atomic E-state index is 0.203. The molecule has 2 fully saturated rings. The van der Waals surface area contributed by atoms with Crippen molar-refractivity contribution < 1.29 is 0 Å². The zero-order valence-electron chi connectivity index (χ0n) is 5.48. The van der Waals surface area contributed by atoms with E-state index in [0.717, 1.165) is 0 Å².